The van der Waals surface area contributed by atoms with Crippen molar-refractivity contribution in [3.63, 3.8) is 0 Å². The van der Waals surface area contributed by atoms with Crippen LogP contribution in [0.5, 0.6) is 0 Å². The third-order valence-corrected chi connectivity index (χ3v) is 3.17. The van der Waals surface area contributed by atoms with E-state index in [1.54, 1.807) is 6.20 Å². The second kappa shape index (κ2) is 4.18. The summed E-state index contributed by atoms with van der Waals surface area (Å²) in [6.07, 6.45) is 1.71. The fourth-order valence-corrected chi connectivity index (χ4v) is 2.02. The second-order valence-corrected chi connectivity index (χ2v) is 4.29. The van der Waals surface area contributed by atoms with Crippen LogP contribution in [0.3, 0.4) is 0 Å². The summed E-state index contributed by atoms with van der Waals surface area (Å²) in [5.41, 5.74) is 9.29. The molecule has 1 fully saturated rings. The van der Waals surface area contributed by atoms with Crippen molar-refractivity contribution in [2.45, 2.75) is 5.92 Å². The highest BCUT2D eigenvalue weighted by Crippen LogP contribution is 2.28. The number of pyridine rings is 1. The van der Waals surface area contributed by atoms with Gasteiger partial charge in [0.1, 0.15) is 5.82 Å². The smallest absolute Gasteiger partial charge is 0.131 e. The highest BCUT2D eigenvalue weighted by Gasteiger charge is 2.20. The zero-order chi connectivity index (χ0) is 11.7. The lowest BCUT2D eigenvalue weighted by Crippen LogP contribution is -2.24. The van der Waals surface area contributed by atoms with Crippen molar-refractivity contribution in [1.82, 2.24) is 4.98 Å². The zero-order valence-electron chi connectivity index (χ0n) is 9.47. The summed E-state index contributed by atoms with van der Waals surface area (Å²) in [6, 6.07) is 12.4. The molecular weight excluding hydrogens is 212 g/mol. The van der Waals surface area contributed by atoms with Crippen LogP contribution in [0.1, 0.15) is 11.5 Å². The Hall–Kier alpha value is -1.87. The summed E-state index contributed by atoms with van der Waals surface area (Å²) in [4.78, 5) is 4.10. The fourth-order valence-electron chi connectivity index (χ4n) is 2.02. The molecule has 0 bridgehead atoms. The van der Waals surface area contributed by atoms with Crippen LogP contribution >= 0.6 is 0 Å². The van der Waals surface area contributed by atoms with Crippen molar-refractivity contribution in [2.75, 3.05) is 18.9 Å². The van der Waals surface area contributed by atoms with E-state index in [9.17, 15) is 0 Å². The molecule has 1 saturated heterocycles. The average molecular weight is 226 g/mol. The van der Waals surface area contributed by atoms with E-state index in [2.05, 4.69) is 29.2 Å². The third-order valence-electron chi connectivity index (χ3n) is 3.17. The zero-order valence-corrected chi connectivity index (χ0v) is 9.47. The largest absolute Gasteiger partial charge is 0.383 e. The molecule has 3 nitrogen and oxygen atoms in total. The number of benzene rings is 1. The molecule has 0 atom stereocenters. The lowest BCUT2D eigenvalue weighted by Gasteiger charge is -2.26. The number of hydrogen-bond donors (Lipinski definition) is 1. The third kappa shape index (κ3) is 1.89. The predicted octanol–water partition coefficient (Wildman–Crippen LogP) is 2.44. The Kier molecular flexibility index (Phi) is 2.53. The highest BCUT2D eigenvalue weighted by molar-refractivity contribution is 5.73. The number of hydrogen-bond acceptors (Lipinski definition) is 3. The molecule has 2 heterocycles. The van der Waals surface area contributed by atoms with Crippen LogP contribution in [0.2, 0.25) is 0 Å². The van der Waals surface area contributed by atoms with E-state index < -0.39 is 0 Å². The number of rotatable bonds is 2. The monoisotopic (exact) mass is 226 g/mol. The van der Waals surface area contributed by atoms with Crippen molar-refractivity contribution < 1.29 is 4.74 Å². The van der Waals surface area contributed by atoms with Gasteiger partial charge in [0.25, 0.3) is 0 Å². The molecule has 1 aromatic carbocycles. The first-order valence-corrected chi connectivity index (χ1v) is 5.73. The summed E-state index contributed by atoms with van der Waals surface area (Å²) < 4.78 is 5.19. The molecule has 2 aromatic rings. The molecule has 1 aromatic heterocycles. The molecule has 86 valence electrons. The summed E-state index contributed by atoms with van der Waals surface area (Å²) in [7, 11) is 0. The van der Waals surface area contributed by atoms with Crippen molar-refractivity contribution in [2.24, 2.45) is 0 Å². The van der Waals surface area contributed by atoms with Gasteiger partial charge in [-0.25, -0.2) is 4.98 Å². The quantitative estimate of drug-likeness (QED) is 0.855. The van der Waals surface area contributed by atoms with E-state index in [0.717, 1.165) is 24.3 Å². The Labute approximate surface area is 100 Å². The van der Waals surface area contributed by atoms with E-state index in [1.807, 2.05) is 12.1 Å². The van der Waals surface area contributed by atoms with Crippen LogP contribution in [0.4, 0.5) is 5.82 Å². The van der Waals surface area contributed by atoms with Gasteiger partial charge in [-0.15, -0.1) is 0 Å². The Balaban J connectivity index is 1.91. The molecule has 0 amide bonds. The molecular formula is C14H14N2O. The van der Waals surface area contributed by atoms with Gasteiger partial charge in [0.05, 0.1) is 13.2 Å². The van der Waals surface area contributed by atoms with Crippen LogP contribution in [0.25, 0.3) is 11.1 Å². The molecule has 17 heavy (non-hydrogen) atoms. The Morgan fingerprint density at radius 1 is 1.12 bits per heavy atom. The maximum Gasteiger partial charge on any atom is 0.131 e. The number of ether oxygens (including phenoxy) is 1. The number of nitrogen functional groups attached to an aromatic ring is 1. The van der Waals surface area contributed by atoms with Gasteiger partial charge < -0.3 is 10.5 Å². The number of aromatic nitrogens is 1. The van der Waals surface area contributed by atoms with Crippen LogP contribution in [-0.2, 0) is 4.74 Å². The fraction of sp³-hybridized carbons (Fsp3) is 0.214. The lowest BCUT2D eigenvalue weighted by molar-refractivity contribution is 0.00843. The van der Waals surface area contributed by atoms with Gasteiger partial charge in [-0.3, -0.25) is 0 Å². The van der Waals surface area contributed by atoms with E-state index in [0.29, 0.717) is 11.7 Å². The minimum Gasteiger partial charge on any atom is -0.383 e. The first-order chi connectivity index (χ1) is 8.34. The molecule has 0 saturated carbocycles. The molecule has 0 aliphatic carbocycles. The first kappa shape index (κ1) is 10.3. The molecule has 0 spiro atoms. The molecule has 0 unspecified atom stereocenters. The Morgan fingerprint density at radius 2 is 1.88 bits per heavy atom. The minimum absolute atomic E-state index is 0.565. The van der Waals surface area contributed by atoms with Crippen LogP contribution in [0, 0.1) is 0 Å². The van der Waals surface area contributed by atoms with Crippen molar-refractivity contribution >= 4 is 5.82 Å². The van der Waals surface area contributed by atoms with Crippen molar-refractivity contribution in [3.8, 4) is 11.1 Å². The molecule has 2 N–H and O–H groups in total. The number of nitrogens with two attached hydrogens (primary N) is 1. The summed E-state index contributed by atoms with van der Waals surface area (Å²) in [5, 5.41) is 0. The SMILES string of the molecule is Nc1ncccc1-c1ccc(C2COC2)cc1. The van der Waals surface area contributed by atoms with E-state index in [1.165, 1.54) is 5.56 Å². The van der Waals surface area contributed by atoms with Gasteiger partial charge in [0.15, 0.2) is 0 Å². The molecule has 0 radical (unpaired) electrons. The van der Waals surface area contributed by atoms with Crippen LogP contribution in [0.15, 0.2) is 42.6 Å². The normalized spacial score (nSPS) is 15.5. The van der Waals surface area contributed by atoms with Gasteiger partial charge in [-0.05, 0) is 23.3 Å². The summed E-state index contributed by atoms with van der Waals surface area (Å²) >= 11 is 0. The number of nitrogens with zero attached hydrogens (tertiary/aromatic N) is 1. The standard InChI is InChI=1S/C14H14N2O/c15-14-13(2-1-7-16-14)11-5-3-10(4-6-11)12-8-17-9-12/h1-7,12H,8-9H2,(H2,15,16). The predicted molar refractivity (Wildman–Crippen MR) is 67.6 cm³/mol. The Morgan fingerprint density at radius 3 is 2.47 bits per heavy atom. The van der Waals surface area contributed by atoms with Crippen LogP contribution < -0.4 is 5.73 Å². The summed E-state index contributed by atoms with van der Waals surface area (Å²) in [5.74, 6) is 1.14. The second-order valence-electron chi connectivity index (χ2n) is 4.29. The lowest BCUT2D eigenvalue weighted by atomic mass is 9.95. The van der Waals surface area contributed by atoms with E-state index in [-0.39, 0.29) is 0 Å². The summed E-state index contributed by atoms with van der Waals surface area (Å²) in [6.45, 7) is 1.68. The molecule has 1 aliphatic heterocycles. The Bertz CT molecular complexity index is 518. The van der Waals surface area contributed by atoms with Gasteiger partial charge in [-0.1, -0.05) is 24.3 Å². The van der Waals surface area contributed by atoms with Crippen molar-refractivity contribution in [3.05, 3.63) is 48.2 Å². The van der Waals surface area contributed by atoms with E-state index in [4.69, 9.17) is 10.5 Å². The maximum absolute atomic E-state index is 5.86. The average Bonchev–Trinajstić information content (AvgIpc) is 2.29. The van der Waals surface area contributed by atoms with Gasteiger partial charge in [0, 0.05) is 17.7 Å². The van der Waals surface area contributed by atoms with Crippen LogP contribution in [-0.4, -0.2) is 18.2 Å². The van der Waals surface area contributed by atoms with Gasteiger partial charge in [0.2, 0.25) is 0 Å². The van der Waals surface area contributed by atoms with Gasteiger partial charge >= 0.3 is 0 Å². The van der Waals surface area contributed by atoms with Gasteiger partial charge in [-0.2, -0.15) is 0 Å². The molecule has 1 aliphatic rings. The maximum atomic E-state index is 5.86. The van der Waals surface area contributed by atoms with E-state index >= 15 is 0 Å². The number of anilines is 1. The molecule has 3 rings (SSSR count). The van der Waals surface area contributed by atoms with Crippen molar-refractivity contribution in [1.29, 1.82) is 0 Å². The minimum atomic E-state index is 0.565. The topological polar surface area (TPSA) is 48.1 Å². The highest BCUT2D eigenvalue weighted by atomic mass is 16.5. The molecule has 3 heteroatoms. The first-order valence-electron chi connectivity index (χ1n) is 5.73.